The number of ether oxygens (including phenoxy) is 2. The van der Waals surface area contributed by atoms with E-state index in [0.29, 0.717) is 12.0 Å². The molecule has 1 aromatic rings. The van der Waals surface area contributed by atoms with Crippen LogP contribution in [0.3, 0.4) is 0 Å². The lowest BCUT2D eigenvalue weighted by atomic mass is 9.98. The molecule has 1 atom stereocenters. The third kappa shape index (κ3) is 5.09. The van der Waals surface area contributed by atoms with Crippen molar-refractivity contribution in [1.82, 2.24) is 5.43 Å². The van der Waals surface area contributed by atoms with E-state index in [1.54, 1.807) is 14.2 Å². The van der Waals surface area contributed by atoms with Crippen LogP contribution in [0.25, 0.3) is 0 Å². The summed E-state index contributed by atoms with van der Waals surface area (Å²) in [5, 5.41) is 0. The standard InChI is InChI=1S/C15H26N2O2/c1-11(2)5-7-13(17-16)9-12-6-8-14(18-3)15(10-12)19-4/h6,8,10-11,13,17H,5,7,9,16H2,1-4H3. The molecule has 0 aliphatic rings. The van der Waals surface area contributed by atoms with E-state index in [0.717, 1.165) is 24.3 Å². The maximum atomic E-state index is 5.63. The topological polar surface area (TPSA) is 56.5 Å². The average molecular weight is 266 g/mol. The van der Waals surface area contributed by atoms with Crippen LogP contribution in [-0.4, -0.2) is 20.3 Å². The Morgan fingerprint density at radius 3 is 2.32 bits per heavy atom. The second-order valence-electron chi connectivity index (χ2n) is 5.23. The zero-order chi connectivity index (χ0) is 14.3. The molecular formula is C15H26N2O2. The minimum atomic E-state index is 0.292. The van der Waals surface area contributed by atoms with Crippen LogP contribution in [0.1, 0.15) is 32.3 Å². The largest absolute Gasteiger partial charge is 0.493 e. The predicted molar refractivity (Wildman–Crippen MR) is 78.4 cm³/mol. The van der Waals surface area contributed by atoms with E-state index < -0.39 is 0 Å². The Kier molecular flexibility index (Phi) is 6.67. The van der Waals surface area contributed by atoms with Crippen molar-refractivity contribution in [3.63, 3.8) is 0 Å². The van der Waals surface area contributed by atoms with Crippen LogP contribution in [0.5, 0.6) is 11.5 Å². The Morgan fingerprint density at radius 2 is 1.79 bits per heavy atom. The van der Waals surface area contributed by atoms with Crippen molar-refractivity contribution in [2.24, 2.45) is 11.8 Å². The van der Waals surface area contributed by atoms with Crippen molar-refractivity contribution in [1.29, 1.82) is 0 Å². The van der Waals surface area contributed by atoms with Gasteiger partial charge in [-0.05, 0) is 42.9 Å². The van der Waals surface area contributed by atoms with E-state index in [1.165, 1.54) is 12.0 Å². The molecule has 3 N–H and O–H groups in total. The highest BCUT2D eigenvalue weighted by molar-refractivity contribution is 5.43. The molecular weight excluding hydrogens is 240 g/mol. The molecule has 108 valence electrons. The van der Waals surface area contributed by atoms with Gasteiger partial charge in [-0.1, -0.05) is 19.9 Å². The minimum absolute atomic E-state index is 0.292. The molecule has 0 fully saturated rings. The summed E-state index contributed by atoms with van der Waals surface area (Å²) in [6.07, 6.45) is 3.13. The fraction of sp³-hybridized carbons (Fsp3) is 0.600. The molecule has 4 nitrogen and oxygen atoms in total. The van der Waals surface area contributed by atoms with Crippen LogP contribution in [0.15, 0.2) is 18.2 Å². The van der Waals surface area contributed by atoms with Gasteiger partial charge in [0.1, 0.15) is 0 Å². The Morgan fingerprint density at radius 1 is 1.11 bits per heavy atom. The van der Waals surface area contributed by atoms with E-state index in [9.17, 15) is 0 Å². The molecule has 0 aromatic heterocycles. The van der Waals surface area contributed by atoms with Crippen molar-refractivity contribution in [3.05, 3.63) is 23.8 Å². The number of benzene rings is 1. The highest BCUT2D eigenvalue weighted by Crippen LogP contribution is 2.28. The molecule has 0 radical (unpaired) electrons. The van der Waals surface area contributed by atoms with Gasteiger partial charge in [0.15, 0.2) is 11.5 Å². The molecule has 0 aliphatic heterocycles. The van der Waals surface area contributed by atoms with Crippen LogP contribution >= 0.6 is 0 Å². The maximum Gasteiger partial charge on any atom is 0.160 e. The van der Waals surface area contributed by atoms with Gasteiger partial charge < -0.3 is 9.47 Å². The SMILES string of the molecule is COc1ccc(CC(CCC(C)C)NN)cc1OC. The van der Waals surface area contributed by atoms with Gasteiger partial charge in [-0.25, -0.2) is 0 Å². The molecule has 4 heteroatoms. The van der Waals surface area contributed by atoms with Crippen LogP contribution in [0.4, 0.5) is 0 Å². The number of hydrazine groups is 1. The zero-order valence-electron chi connectivity index (χ0n) is 12.4. The van der Waals surface area contributed by atoms with Crippen LogP contribution < -0.4 is 20.7 Å². The molecule has 0 amide bonds. The van der Waals surface area contributed by atoms with Gasteiger partial charge >= 0.3 is 0 Å². The molecule has 0 spiro atoms. The summed E-state index contributed by atoms with van der Waals surface area (Å²) in [4.78, 5) is 0. The third-order valence-electron chi connectivity index (χ3n) is 3.26. The molecule has 0 bridgehead atoms. The number of hydrogen-bond acceptors (Lipinski definition) is 4. The van der Waals surface area contributed by atoms with E-state index in [1.807, 2.05) is 12.1 Å². The van der Waals surface area contributed by atoms with E-state index in [4.69, 9.17) is 15.3 Å². The second-order valence-corrected chi connectivity index (χ2v) is 5.23. The Balaban J connectivity index is 2.68. The Bertz CT molecular complexity index is 380. The Labute approximate surface area is 116 Å². The first-order chi connectivity index (χ1) is 9.10. The monoisotopic (exact) mass is 266 g/mol. The van der Waals surface area contributed by atoms with Crippen LogP contribution in [-0.2, 0) is 6.42 Å². The van der Waals surface area contributed by atoms with Crippen molar-refractivity contribution in [2.75, 3.05) is 14.2 Å². The fourth-order valence-corrected chi connectivity index (χ4v) is 2.07. The molecule has 19 heavy (non-hydrogen) atoms. The quantitative estimate of drug-likeness (QED) is 0.561. The van der Waals surface area contributed by atoms with Gasteiger partial charge in [0.05, 0.1) is 14.2 Å². The summed E-state index contributed by atoms with van der Waals surface area (Å²) in [5.41, 5.74) is 4.10. The highest BCUT2D eigenvalue weighted by atomic mass is 16.5. The van der Waals surface area contributed by atoms with Crippen LogP contribution in [0, 0.1) is 5.92 Å². The average Bonchev–Trinajstić information content (AvgIpc) is 2.42. The molecule has 0 saturated carbocycles. The zero-order valence-corrected chi connectivity index (χ0v) is 12.4. The number of hydrogen-bond donors (Lipinski definition) is 2. The van der Waals surface area contributed by atoms with Gasteiger partial charge in [-0.2, -0.15) is 0 Å². The van der Waals surface area contributed by atoms with E-state index in [2.05, 4.69) is 25.3 Å². The smallest absolute Gasteiger partial charge is 0.160 e. The minimum Gasteiger partial charge on any atom is -0.493 e. The van der Waals surface area contributed by atoms with Crippen LogP contribution in [0.2, 0.25) is 0 Å². The highest BCUT2D eigenvalue weighted by Gasteiger charge is 2.11. The second kappa shape index (κ2) is 8.02. The van der Waals surface area contributed by atoms with Gasteiger partial charge in [-0.15, -0.1) is 0 Å². The fourth-order valence-electron chi connectivity index (χ4n) is 2.07. The van der Waals surface area contributed by atoms with Gasteiger partial charge in [0.2, 0.25) is 0 Å². The number of rotatable bonds is 8. The molecule has 1 unspecified atom stereocenters. The van der Waals surface area contributed by atoms with Crippen molar-refractivity contribution in [2.45, 2.75) is 39.2 Å². The first-order valence-electron chi connectivity index (χ1n) is 6.77. The molecule has 0 saturated heterocycles. The summed E-state index contributed by atoms with van der Waals surface area (Å²) in [6, 6.07) is 6.30. The lowest BCUT2D eigenvalue weighted by Crippen LogP contribution is -2.37. The number of nitrogens with one attached hydrogen (secondary N) is 1. The first-order valence-corrected chi connectivity index (χ1v) is 6.77. The third-order valence-corrected chi connectivity index (χ3v) is 3.26. The summed E-state index contributed by atoms with van der Waals surface area (Å²) < 4.78 is 10.5. The predicted octanol–water partition coefficient (Wildman–Crippen LogP) is 2.51. The Hall–Kier alpha value is -1.26. The summed E-state index contributed by atoms with van der Waals surface area (Å²) >= 11 is 0. The molecule has 1 aromatic carbocycles. The summed E-state index contributed by atoms with van der Waals surface area (Å²) in [5.74, 6) is 7.84. The molecule has 0 heterocycles. The van der Waals surface area contributed by atoms with Crippen molar-refractivity contribution >= 4 is 0 Å². The van der Waals surface area contributed by atoms with Crippen molar-refractivity contribution in [3.8, 4) is 11.5 Å². The van der Waals surface area contributed by atoms with E-state index >= 15 is 0 Å². The van der Waals surface area contributed by atoms with E-state index in [-0.39, 0.29) is 0 Å². The lowest BCUT2D eigenvalue weighted by Gasteiger charge is -2.18. The van der Waals surface area contributed by atoms with Gasteiger partial charge in [0.25, 0.3) is 0 Å². The number of methoxy groups -OCH3 is 2. The van der Waals surface area contributed by atoms with Gasteiger partial charge in [-0.3, -0.25) is 11.3 Å². The summed E-state index contributed by atoms with van der Waals surface area (Å²) in [6.45, 7) is 4.45. The molecule has 0 aliphatic carbocycles. The summed E-state index contributed by atoms with van der Waals surface area (Å²) in [7, 11) is 3.30. The normalized spacial score (nSPS) is 12.5. The van der Waals surface area contributed by atoms with Crippen molar-refractivity contribution < 1.29 is 9.47 Å². The first kappa shape index (κ1) is 15.8. The lowest BCUT2D eigenvalue weighted by molar-refractivity contribution is 0.354. The van der Waals surface area contributed by atoms with Gasteiger partial charge in [0, 0.05) is 6.04 Å². The molecule has 1 rings (SSSR count). The maximum absolute atomic E-state index is 5.63. The number of nitrogens with two attached hydrogens (primary N) is 1.